The first-order valence-electron chi connectivity index (χ1n) is 16.2. The SMILES string of the molecule is COC(=O)c1ccc(N2CCC(CN3CCN(C4CCN(c5cc(OC)c([N+](=O)[O-])cc5-c5cnn(C)c5)CC4)CC3)CC2)cn1. The molecule has 0 aliphatic carbocycles. The smallest absolute Gasteiger partial charge is 0.356 e. The summed E-state index contributed by atoms with van der Waals surface area (Å²) in [6.07, 6.45) is 9.86. The van der Waals surface area contributed by atoms with Gasteiger partial charge < -0.3 is 24.2 Å². The number of piperazine rings is 1. The van der Waals surface area contributed by atoms with Gasteiger partial charge in [-0.1, -0.05) is 0 Å². The Bertz CT molecular complexity index is 1500. The molecule has 0 bridgehead atoms. The van der Waals surface area contributed by atoms with Crippen LogP contribution in [-0.2, 0) is 11.8 Å². The molecule has 246 valence electrons. The average molecular weight is 633 g/mol. The minimum absolute atomic E-state index is 0.0348. The number of methoxy groups -OCH3 is 2. The summed E-state index contributed by atoms with van der Waals surface area (Å²) < 4.78 is 11.9. The van der Waals surface area contributed by atoms with Gasteiger partial charge in [0.2, 0.25) is 0 Å². The lowest BCUT2D eigenvalue weighted by Gasteiger charge is -2.44. The molecule has 13 heteroatoms. The highest BCUT2D eigenvalue weighted by molar-refractivity contribution is 5.87. The molecule has 13 nitrogen and oxygen atoms in total. The molecule has 0 amide bonds. The summed E-state index contributed by atoms with van der Waals surface area (Å²) in [4.78, 5) is 37.4. The van der Waals surface area contributed by atoms with Crippen molar-refractivity contribution in [1.82, 2.24) is 24.6 Å². The van der Waals surface area contributed by atoms with Crippen LogP contribution in [0.15, 0.2) is 42.9 Å². The monoisotopic (exact) mass is 632 g/mol. The molecule has 3 saturated heterocycles. The molecule has 0 unspecified atom stereocenters. The van der Waals surface area contributed by atoms with Gasteiger partial charge in [0.15, 0.2) is 5.75 Å². The summed E-state index contributed by atoms with van der Waals surface area (Å²) >= 11 is 0. The number of carbonyl (C=O) groups excluding carboxylic acids is 1. The van der Waals surface area contributed by atoms with Crippen LogP contribution in [0.4, 0.5) is 17.1 Å². The number of nitrogens with zero attached hydrogens (tertiary/aromatic N) is 8. The van der Waals surface area contributed by atoms with E-state index in [1.165, 1.54) is 14.2 Å². The van der Waals surface area contributed by atoms with Gasteiger partial charge in [0.1, 0.15) is 5.69 Å². The molecule has 3 fully saturated rings. The topological polar surface area (TPSA) is 122 Å². The maximum Gasteiger partial charge on any atom is 0.356 e. The van der Waals surface area contributed by atoms with Crippen LogP contribution in [0.1, 0.15) is 36.2 Å². The van der Waals surface area contributed by atoms with E-state index < -0.39 is 5.97 Å². The number of nitro benzene ring substituents is 1. The highest BCUT2D eigenvalue weighted by Gasteiger charge is 2.31. The van der Waals surface area contributed by atoms with E-state index in [0.717, 1.165) is 107 Å². The van der Waals surface area contributed by atoms with Gasteiger partial charge >= 0.3 is 11.7 Å². The first kappa shape index (κ1) is 31.7. The van der Waals surface area contributed by atoms with Crippen molar-refractivity contribution in [1.29, 1.82) is 0 Å². The molecule has 0 saturated carbocycles. The summed E-state index contributed by atoms with van der Waals surface area (Å²) in [6, 6.07) is 7.69. The number of pyridine rings is 1. The lowest BCUT2D eigenvalue weighted by Crippen LogP contribution is -2.54. The number of anilines is 2. The Hall–Kier alpha value is -4.23. The summed E-state index contributed by atoms with van der Waals surface area (Å²) in [7, 11) is 4.70. The molecular formula is C33H44N8O5. The van der Waals surface area contributed by atoms with Crippen LogP contribution < -0.4 is 14.5 Å². The summed E-state index contributed by atoms with van der Waals surface area (Å²) in [5.41, 5.74) is 3.99. The molecule has 0 spiro atoms. The second-order valence-corrected chi connectivity index (χ2v) is 12.6. The van der Waals surface area contributed by atoms with Crippen molar-refractivity contribution in [3.8, 4) is 16.9 Å². The highest BCUT2D eigenvalue weighted by Crippen LogP contribution is 2.41. The third-order valence-electron chi connectivity index (χ3n) is 9.88. The van der Waals surface area contributed by atoms with Crippen LogP contribution in [0.3, 0.4) is 0 Å². The van der Waals surface area contributed by atoms with Crippen molar-refractivity contribution in [3.63, 3.8) is 0 Å². The van der Waals surface area contributed by atoms with E-state index in [0.29, 0.717) is 17.7 Å². The number of hydrogen-bond acceptors (Lipinski definition) is 11. The number of carbonyl (C=O) groups is 1. The number of piperidine rings is 2. The van der Waals surface area contributed by atoms with Crippen LogP contribution in [-0.4, -0.2) is 115 Å². The normalized spacial score (nSPS) is 18.9. The number of hydrogen-bond donors (Lipinski definition) is 0. The van der Waals surface area contributed by atoms with Crippen molar-refractivity contribution in [2.24, 2.45) is 13.0 Å². The second kappa shape index (κ2) is 14.0. The van der Waals surface area contributed by atoms with Crippen LogP contribution in [0.25, 0.3) is 11.1 Å². The first-order chi connectivity index (χ1) is 22.3. The van der Waals surface area contributed by atoms with Crippen LogP contribution in [0.2, 0.25) is 0 Å². The van der Waals surface area contributed by atoms with Crippen molar-refractivity contribution in [3.05, 3.63) is 58.7 Å². The Labute approximate surface area is 269 Å². The molecular weight excluding hydrogens is 588 g/mol. The Balaban J connectivity index is 0.985. The largest absolute Gasteiger partial charge is 0.490 e. The number of rotatable bonds is 9. The van der Waals surface area contributed by atoms with Gasteiger partial charge in [-0.25, -0.2) is 9.78 Å². The van der Waals surface area contributed by atoms with Crippen LogP contribution >= 0.6 is 0 Å². The van der Waals surface area contributed by atoms with Crippen molar-refractivity contribution in [2.45, 2.75) is 31.7 Å². The number of esters is 1. The Morgan fingerprint density at radius 2 is 1.67 bits per heavy atom. The number of benzene rings is 1. The van der Waals surface area contributed by atoms with E-state index in [4.69, 9.17) is 9.47 Å². The predicted molar refractivity (Wildman–Crippen MR) is 176 cm³/mol. The molecule has 0 radical (unpaired) electrons. The zero-order valence-corrected chi connectivity index (χ0v) is 27.0. The van der Waals surface area contributed by atoms with Gasteiger partial charge in [-0.2, -0.15) is 5.10 Å². The fraction of sp³-hybridized carbons (Fsp3) is 0.545. The molecule has 6 rings (SSSR count). The van der Waals surface area contributed by atoms with Gasteiger partial charge in [-0.15, -0.1) is 0 Å². The lowest BCUT2D eigenvalue weighted by atomic mass is 9.95. The van der Waals surface area contributed by atoms with Gasteiger partial charge in [-0.05, 0) is 43.7 Å². The van der Waals surface area contributed by atoms with Crippen LogP contribution in [0.5, 0.6) is 5.75 Å². The van der Waals surface area contributed by atoms with Crippen molar-refractivity contribution in [2.75, 3.05) is 82.9 Å². The van der Waals surface area contributed by atoms with Gasteiger partial charge in [-0.3, -0.25) is 19.7 Å². The van der Waals surface area contributed by atoms with E-state index >= 15 is 0 Å². The number of ether oxygens (including phenoxy) is 2. The summed E-state index contributed by atoms with van der Waals surface area (Å²) in [6.45, 7) is 9.32. The average Bonchev–Trinajstić information content (AvgIpc) is 3.54. The second-order valence-electron chi connectivity index (χ2n) is 12.6. The predicted octanol–water partition coefficient (Wildman–Crippen LogP) is 3.69. The number of nitro groups is 1. The third kappa shape index (κ3) is 6.95. The van der Waals surface area contributed by atoms with Gasteiger partial charge in [0.25, 0.3) is 0 Å². The van der Waals surface area contributed by atoms with Crippen molar-refractivity contribution < 1.29 is 19.2 Å². The zero-order valence-electron chi connectivity index (χ0n) is 27.0. The van der Waals surface area contributed by atoms with Crippen LogP contribution in [0, 0.1) is 16.0 Å². The standard InChI is InChI=1S/C33H44N8O5/c1-36-23-25(20-35-36)28-18-31(41(43)44)32(45-2)19-30(28)40-12-8-26(9-13-40)39-16-14-37(15-17-39)22-24-6-10-38(11-7-24)27-4-5-29(34-21-27)33(42)46-3/h4-5,18-21,23-24,26H,6-17,22H2,1-3H3. The Kier molecular flexibility index (Phi) is 9.69. The fourth-order valence-electron chi connectivity index (χ4n) is 7.24. The molecule has 3 aromatic rings. The first-order valence-corrected chi connectivity index (χ1v) is 16.2. The fourth-order valence-corrected chi connectivity index (χ4v) is 7.24. The van der Waals surface area contributed by atoms with Gasteiger partial charge in [0, 0.05) is 107 Å². The van der Waals surface area contributed by atoms with E-state index in [2.05, 4.69) is 29.7 Å². The molecule has 46 heavy (non-hydrogen) atoms. The lowest BCUT2D eigenvalue weighted by molar-refractivity contribution is -0.385. The summed E-state index contributed by atoms with van der Waals surface area (Å²) in [5.74, 6) is 0.568. The summed E-state index contributed by atoms with van der Waals surface area (Å²) in [5, 5.41) is 16.1. The number of aromatic nitrogens is 3. The third-order valence-corrected chi connectivity index (χ3v) is 9.88. The highest BCUT2D eigenvalue weighted by atomic mass is 16.6. The minimum atomic E-state index is -0.408. The zero-order chi connectivity index (χ0) is 32.2. The Morgan fingerprint density at radius 1 is 0.957 bits per heavy atom. The Morgan fingerprint density at radius 3 is 2.26 bits per heavy atom. The quantitative estimate of drug-likeness (QED) is 0.195. The molecule has 2 aromatic heterocycles. The maximum absolute atomic E-state index is 11.8. The molecule has 3 aliphatic rings. The van der Waals surface area contributed by atoms with Crippen molar-refractivity contribution >= 4 is 23.0 Å². The van der Waals surface area contributed by atoms with E-state index in [1.54, 1.807) is 29.2 Å². The molecule has 0 N–H and O–H groups in total. The molecule has 3 aliphatic heterocycles. The van der Waals surface area contributed by atoms with E-state index in [9.17, 15) is 14.9 Å². The maximum atomic E-state index is 11.8. The van der Waals surface area contributed by atoms with E-state index in [1.807, 2.05) is 25.4 Å². The van der Waals surface area contributed by atoms with E-state index in [-0.39, 0.29) is 16.4 Å². The van der Waals surface area contributed by atoms with Gasteiger partial charge in [0.05, 0.1) is 37.2 Å². The minimum Gasteiger partial charge on any atom is -0.490 e. The molecule has 0 atom stereocenters. The molecule has 5 heterocycles. The number of aryl methyl sites for hydroxylation is 1. The molecule has 1 aromatic carbocycles.